The molecular formula is C32H34Cl2N6O5. The summed E-state index contributed by atoms with van der Waals surface area (Å²) in [5.74, 6) is 0.507. The Balaban J connectivity index is 1.42. The molecule has 1 aliphatic rings. The molecule has 0 spiro atoms. The number of aliphatic hydroxyl groups is 2. The van der Waals surface area contributed by atoms with E-state index in [0.717, 1.165) is 17.8 Å². The number of halogens is 2. The number of aliphatic hydroxyl groups excluding tert-OH is 2. The Labute approximate surface area is 271 Å². The van der Waals surface area contributed by atoms with Gasteiger partial charge in [-0.15, -0.1) is 0 Å². The highest BCUT2D eigenvalue weighted by Gasteiger charge is 2.24. The fourth-order valence-electron chi connectivity index (χ4n) is 5.25. The molecule has 4 N–H and O–H groups in total. The molecule has 0 atom stereocenters. The molecule has 0 saturated carbocycles. The van der Waals surface area contributed by atoms with E-state index in [4.69, 9.17) is 37.8 Å². The molecule has 11 nitrogen and oxygen atoms in total. The van der Waals surface area contributed by atoms with Crippen LogP contribution in [-0.4, -0.2) is 83.0 Å². The summed E-state index contributed by atoms with van der Waals surface area (Å²) >= 11 is 13.8. The smallest absolute Gasteiger partial charge is 0.274 e. The van der Waals surface area contributed by atoms with Crippen molar-refractivity contribution in [3.05, 3.63) is 81.4 Å². The summed E-state index contributed by atoms with van der Waals surface area (Å²) < 4.78 is 11.1. The average Bonchev–Trinajstić information content (AvgIpc) is 3.05. The van der Waals surface area contributed by atoms with Gasteiger partial charge in [0, 0.05) is 61.0 Å². The second-order valence-electron chi connectivity index (χ2n) is 10.3. The molecule has 0 saturated heterocycles. The van der Waals surface area contributed by atoms with Crippen molar-refractivity contribution in [1.82, 2.24) is 25.2 Å². The van der Waals surface area contributed by atoms with Crippen LogP contribution in [-0.2, 0) is 19.5 Å². The maximum Gasteiger partial charge on any atom is 0.274 e. The SMILES string of the molecule is COc1cc(C(=O)Nc2cccc(-c3cccc(-c4cnc(CNCCO)c(OC)n4)c3Cl)c2Cl)nc2c1CCN(CCO)C2. The number of carbonyl (C=O) groups excluding carboxylic acids is 1. The Kier molecular flexibility index (Phi) is 10.8. The molecule has 0 aliphatic carbocycles. The first kappa shape index (κ1) is 32.6. The van der Waals surface area contributed by atoms with Crippen LogP contribution in [0.4, 0.5) is 5.69 Å². The number of hydrogen-bond donors (Lipinski definition) is 4. The van der Waals surface area contributed by atoms with Crippen molar-refractivity contribution in [3.8, 4) is 34.0 Å². The predicted octanol–water partition coefficient (Wildman–Crippen LogP) is 4.21. The number of hydrogen-bond acceptors (Lipinski definition) is 10. The number of ether oxygens (including phenoxy) is 2. The van der Waals surface area contributed by atoms with Gasteiger partial charge < -0.3 is 30.3 Å². The number of rotatable bonds is 12. The number of amides is 1. The standard InChI is InChI=1S/C32H34Cl2N6O5/c1-44-28-15-24(37-27-18-40(12-14-42)11-9-21(27)28)31(43)38-23-8-4-6-20(30(23)34)19-5-3-7-22(29(19)33)25-17-36-26(16-35-10-13-41)32(39-25)45-2/h3-8,15,17,35,41-42H,9-14,16,18H2,1-2H3,(H,38,43). The molecule has 4 aromatic rings. The molecule has 45 heavy (non-hydrogen) atoms. The van der Waals surface area contributed by atoms with Gasteiger partial charge in [-0.2, -0.15) is 0 Å². The van der Waals surface area contributed by atoms with Crippen LogP contribution in [0.3, 0.4) is 0 Å². The van der Waals surface area contributed by atoms with Gasteiger partial charge in [0.05, 0.1) is 60.8 Å². The van der Waals surface area contributed by atoms with Crippen molar-refractivity contribution in [1.29, 1.82) is 0 Å². The van der Waals surface area contributed by atoms with Crippen LogP contribution >= 0.6 is 23.2 Å². The third-order valence-electron chi connectivity index (χ3n) is 7.49. The van der Waals surface area contributed by atoms with E-state index in [1.165, 1.54) is 7.11 Å². The molecule has 236 valence electrons. The van der Waals surface area contributed by atoms with Gasteiger partial charge in [-0.3, -0.25) is 14.7 Å². The van der Waals surface area contributed by atoms with E-state index < -0.39 is 5.91 Å². The van der Waals surface area contributed by atoms with Crippen molar-refractivity contribution >= 4 is 34.8 Å². The van der Waals surface area contributed by atoms with Gasteiger partial charge in [-0.05, 0) is 12.5 Å². The topological polar surface area (TPSA) is 142 Å². The molecule has 0 unspecified atom stereocenters. The van der Waals surface area contributed by atoms with Gasteiger partial charge in [0.25, 0.3) is 5.91 Å². The number of carbonyl (C=O) groups is 1. The normalized spacial score (nSPS) is 12.9. The molecule has 5 rings (SSSR count). The number of anilines is 1. The number of pyridine rings is 1. The van der Waals surface area contributed by atoms with Crippen LogP contribution in [0.25, 0.3) is 22.4 Å². The van der Waals surface area contributed by atoms with Gasteiger partial charge in [0.1, 0.15) is 17.1 Å². The molecule has 0 fully saturated rings. The van der Waals surface area contributed by atoms with Crippen molar-refractivity contribution in [2.45, 2.75) is 19.5 Å². The maximum absolute atomic E-state index is 13.4. The largest absolute Gasteiger partial charge is 0.496 e. The van der Waals surface area contributed by atoms with Crippen LogP contribution in [0.15, 0.2) is 48.7 Å². The van der Waals surface area contributed by atoms with E-state index in [9.17, 15) is 9.90 Å². The van der Waals surface area contributed by atoms with Crippen molar-refractivity contribution in [2.24, 2.45) is 0 Å². The summed E-state index contributed by atoms with van der Waals surface area (Å²) in [6.45, 7) is 2.67. The lowest BCUT2D eigenvalue weighted by Crippen LogP contribution is -2.34. The maximum atomic E-state index is 13.4. The lowest BCUT2D eigenvalue weighted by atomic mass is 10.0. The zero-order valence-electron chi connectivity index (χ0n) is 24.9. The van der Waals surface area contributed by atoms with Crippen molar-refractivity contribution in [3.63, 3.8) is 0 Å². The first-order valence-electron chi connectivity index (χ1n) is 14.4. The number of β-amino-alcohol motifs (C(OH)–C–C–N with tert-alkyl or cyclic N) is 1. The summed E-state index contributed by atoms with van der Waals surface area (Å²) in [5.41, 5.74) is 5.29. The fraction of sp³-hybridized carbons (Fsp3) is 0.312. The first-order valence-corrected chi connectivity index (χ1v) is 15.1. The molecule has 3 heterocycles. The quantitative estimate of drug-likeness (QED) is 0.164. The number of nitrogens with zero attached hydrogens (tertiary/aromatic N) is 4. The summed E-state index contributed by atoms with van der Waals surface area (Å²) in [6, 6.07) is 12.5. The summed E-state index contributed by atoms with van der Waals surface area (Å²) in [7, 11) is 3.09. The lowest BCUT2D eigenvalue weighted by molar-refractivity contribution is 0.102. The molecule has 1 amide bonds. The Morgan fingerprint density at radius 1 is 1.00 bits per heavy atom. The summed E-state index contributed by atoms with van der Waals surface area (Å²) in [6.07, 6.45) is 2.33. The molecule has 13 heteroatoms. The van der Waals surface area contributed by atoms with E-state index in [1.807, 2.05) is 24.3 Å². The third-order valence-corrected chi connectivity index (χ3v) is 8.30. The second-order valence-corrected chi connectivity index (χ2v) is 11.0. The summed E-state index contributed by atoms with van der Waals surface area (Å²) in [5, 5.41) is 25.1. The minimum atomic E-state index is -0.440. The molecule has 0 bridgehead atoms. The molecule has 1 aliphatic heterocycles. The average molecular weight is 654 g/mol. The van der Waals surface area contributed by atoms with E-state index >= 15 is 0 Å². The highest BCUT2D eigenvalue weighted by molar-refractivity contribution is 6.39. The highest BCUT2D eigenvalue weighted by Crippen LogP contribution is 2.41. The minimum Gasteiger partial charge on any atom is -0.496 e. The number of methoxy groups -OCH3 is 2. The lowest BCUT2D eigenvalue weighted by Gasteiger charge is -2.28. The zero-order chi connectivity index (χ0) is 31.9. The van der Waals surface area contributed by atoms with Crippen LogP contribution in [0.2, 0.25) is 10.0 Å². The number of nitrogens with one attached hydrogen (secondary N) is 2. The summed E-state index contributed by atoms with van der Waals surface area (Å²) in [4.78, 5) is 29.3. The van der Waals surface area contributed by atoms with Gasteiger partial charge in [0.2, 0.25) is 5.88 Å². The van der Waals surface area contributed by atoms with E-state index in [0.29, 0.717) is 88.0 Å². The van der Waals surface area contributed by atoms with Crippen LogP contribution in [0.5, 0.6) is 11.6 Å². The van der Waals surface area contributed by atoms with Crippen LogP contribution < -0.4 is 20.1 Å². The van der Waals surface area contributed by atoms with Gasteiger partial charge >= 0.3 is 0 Å². The van der Waals surface area contributed by atoms with Crippen molar-refractivity contribution in [2.75, 3.05) is 52.4 Å². The first-order chi connectivity index (χ1) is 21.9. The van der Waals surface area contributed by atoms with Gasteiger partial charge in [-0.1, -0.05) is 53.5 Å². The Bertz CT molecular complexity index is 1690. The van der Waals surface area contributed by atoms with E-state index in [2.05, 4.69) is 30.5 Å². The predicted molar refractivity (Wildman–Crippen MR) is 173 cm³/mol. The van der Waals surface area contributed by atoms with Crippen LogP contribution in [0, 0.1) is 0 Å². The number of aromatic nitrogens is 3. The number of benzene rings is 2. The Morgan fingerprint density at radius 2 is 1.76 bits per heavy atom. The molecule has 0 radical (unpaired) electrons. The van der Waals surface area contributed by atoms with Crippen LogP contribution in [0.1, 0.15) is 27.4 Å². The highest BCUT2D eigenvalue weighted by atomic mass is 35.5. The Hall–Kier alpha value is -3.84. The monoisotopic (exact) mass is 652 g/mol. The van der Waals surface area contributed by atoms with Gasteiger partial charge in [0.15, 0.2) is 0 Å². The Morgan fingerprint density at radius 3 is 2.49 bits per heavy atom. The third kappa shape index (κ3) is 7.19. The second kappa shape index (κ2) is 15.0. The molecule has 2 aromatic carbocycles. The fourth-order valence-corrected chi connectivity index (χ4v) is 5.85. The van der Waals surface area contributed by atoms with E-state index in [-0.39, 0.29) is 18.9 Å². The zero-order valence-corrected chi connectivity index (χ0v) is 26.5. The molecule has 2 aromatic heterocycles. The van der Waals surface area contributed by atoms with E-state index in [1.54, 1.807) is 31.5 Å². The minimum absolute atomic E-state index is 0.00825. The number of fused-ring (bicyclic) bond motifs is 1. The molecular weight excluding hydrogens is 619 g/mol. The van der Waals surface area contributed by atoms with Crippen molar-refractivity contribution < 1.29 is 24.5 Å². The van der Waals surface area contributed by atoms with Gasteiger partial charge in [-0.25, -0.2) is 9.97 Å².